The Bertz CT molecular complexity index is 1620. The Balaban J connectivity index is 1.51. The fourth-order valence-corrected chi connectivity index (χ4v) is 4.84. The Morgan fingerprint density at radius 1 is 0.659 bits per heavy atom. The Labute approximate surface area is 239 Å². The minimum atomic E-state index is -1.24. The zero-order chi connectivity index (χ0) is 28.7. The van der Waals surface area contributed by atoms with E-state index in [0.717, 1.165) is 22.3 Å². The lowest BCUT2D eigenvalue weighted by atomic mass is 9.80. The number of nitrogens with zero attached hydrogens (tertiary/aromatic N) is 3. The lowest BCUT2D eigenvalue weighted by Gasteiger charge is -2.32. The lowest BCUT2D eigenvalue weighted by molar-refractivity contribution is 0.0931. The van der Waals surface area contributed by atoms with Crippen LogP contribution in [-0.4, -0.2) is 0 Å². The van der Waals surface area contributed by atoms with Crippen molar-refractivity contribution in [3.05, 3.63) is 154 Å². The molecule has 6 heteroatoms. The average Bonchev–Trinajstić information content (AvgIpc) is 3.33. The van der Waals surface area contributed by atoms with Gasteiger partial charge in [0, 0.05) is 16.7 Å². The standard InChI is InChI=1S/C35H25N3O3/c1-25-33(22-38)34(28(20-36)21-37)41-35(25,29-12-16-31(17-13-29)39-23-26-8-4-2-5-9-26)30-14-18-32(19-15-30)40-24-27-10-6-3-7-11-27/h2-19H,23-24H2,1H3. The highest BCUT2D eigenvalue weighted by molar-refractivity contribution is 5.63. The summed E-state index contributed by atoms with van der Waals surface area (Å²) in [5, 5.41) is 29.2. The van der Waals surface area contributed by atoms with Crippen molar-refractivity contribution in [3.8, 4) is 29.7 Å². The maximum atomic E-state index is 10.0. The number of hydrogen-bond acceptors (Lipinski definition) is 6. The van der Waals surface area contributed by atoms with Gasteiger partial charge in [-0.3, -0.25) is 0 Å². The first-order valence-corrected chi connectivity index (χ1v) is 13.0. The molecule has 0 atom stereocenters. The van der Waals surface area contributed by atoms with Gasteiger partial charge in [0.05, 0.1) is 5.57 Å². The van der Waals surface area contributed by atoms with E-state index in [4.69, 9.17) is 14.2 Å². The van der Waals surface area contributed by atoms with Crippen molar-refractivity contribution in [3.63, 3.8) is 0 Å². The molecule has 4 aromatic carbocycles. The average molecular weight is 536 g/mol. The molecule has 5 rings (SSSR count). The Morgan fingerprint density at radius 3 is 1.49 bits per heavy atom. The number of allylic oxidation sites excluding steroid dienone is 2. The van der Waals surface area contributed by atoms with Gasteiger partial charge in [0.25, 0.3) is 0 Å². The van der Waals surface area contributed by atoms with Crippen molar-refractivity contribution >= 4 is 0 Å². The van der Waals surface area contributed by atoms with Gasteiger partial charge in [0.2, 0.25) is 0 Å². The summed E-state index contributed by atoms with van der Waals surface area (Å²) in [4.78, 5) is 0. The number of rotatable bonds is 8. The molecule has 0 fully saturated rings. The molecule has 6 nitrogen and oxygen atoms in total. The minimum Gasteiger partial charge on any atom is -0.489 e. The highest BCUT2D eigenvalue weighted by Gasteiger charge is 2.48. The second-order valence-corrected chi connectivity index (χ2v) is 9.42. The molecule has 0 saturated carbocycles. The number of nitriles is 3. The van der Waals surface area contributed by atoms with Gasteiger partial charge in [-0.25, -0.2) is 0 Å². The van der Waals surface area contributed by atoms with E-state index in [1.807, 2.05) is 121 Å². The molecule has 0 spiro atoms. The summed E-state index contributed by atoms with van der Waals surface area (Å²) >= 11 is 0. The van der Waals surface area contributed by atoms with Gasteiger partial charge in [0.15, 0.2) is 16.9 Å². The molecule has 0 amide bonds. The van der Waals surface area contributed by atoms with Crippen LogP contribution in [0.3, 0.4) is 0 Å². The normalized spacial score (nSPS) is 13.4. The molecular weight excluding hydrogens is 510 g/mol. The fourth-order valence-electron chi connectivity index (χ4n) is 4.84. The lowest BCUT2D eigenvalue weighted by Crippen LogP contribution is -2.29. The van der Waals surface area contributed by atoms with Crippen molar-refractivity contribution in [2.75, 3.05) is 0 Å². The van der Waals surface area contributed by atoms with Gasteiger partial charge in [0.1, 0.15) is 42.9 Å². The quantitative estimate of drug-likeness (QED) is 0.220. The molecule has 1 aliphatic heterocycles. The van der Waals surface area contributed by atoms with Crippen molar-refractivity contribution in [2.45, 2.75) is 25.7 Å². The summed E-state index contributed by atoms with van der Waals surface area (Å²) < 4.78 is 18.4. The van der Waals surface area contributed by atoms with Crippen molar-refractivity contribution in [2.24, 2.45) is 0 Å². The van der Waals surface area contributed by atoms with Gasteiger partial charge in [-0.1, -0.05) is 84.9 Å². The minimum absolute atomic E-state index is 0.0243. The molecule has 198 valence electrons. The van der Waals surface area contributed by atoms with Crippen LogP contribution in [0.15, 0.2) is 132 Å². The number of benzene rings is 4. The molecular formula is C35H25N3O3. The molecule has 0 unspecified atom stereocenters. The van der Waals surface area contributed by atoms with Crippen LogP contribution in [-0.2, 0) is 23.6 Å². The Kier molecular flexibility index (Phi) is 7.82. The van der Waals surface area contributed by atoms with Crippen molar-refractivity contribution in [1.29, 1.82) is 15.8 Å². The maximum Gasteiger partial charge on any atom is 0.182 e. The zero-order valence-electron chi connectivity index (χ0n) is 22.4. The second-order valence-electron chi connectivity index (χ2n) is 9.42. The van der Waals surface area contributed by atoms with Crippen LogP contribution in [0.25, 0.3) is 0 Å². The van der Waals surface area contributed by atoms with E-state index in [9.17, 15) is 15.8 Å². The van der Waals surface area contributed by atoms with Gasteiger partial charge in [-0.15, -0.1) is 0 Å². The zero-order valence-corrected chi connectivity index (χ0v) is 22.4. The molecule has 0 bridgehead atoms. The van der Waals surface area contributed by atoms with Crippen LogP contribution in [0.5, 0.6) is 11.5 Å². The first kappa shape index (κ1) is 26.8. The molecule has 1 heterocycles. The molecule has 4 aromatic rings. The third kappa shape index (κ3) is 5.39. The smallest absolute Gasteiger partial charge is 0.182 e. The van der Waals surface area contributed by atoms with E-state index < -0.39 is 5.60 Å². The van der Waals surface area contributed by atoms with Crippen LogP contribution < -0.4 is 9.47 Å². The predicted molar refractivity (Wildman–Crippen MR) is 153 cm³/mol. The fraction of sp³-hybridized carbons (Fsp3) is 0.114. The van der Waals surface area contributed by atoms with Crippen LogP contribution in [0.1, 0.15) is 29.2 Å². The molecule has 0 aromatic heterocycles. The third-order valence-electron chi connectivity index (χ3n) is 6.97. The van der Waals surface area contributed by atoms with E-state index in [0.29, 0.717) is 30.3 Å². The van der Waals surface area contributed by atoms with E-state index in [2.05, 4.69) is 6.07 Å². The molecule has 0 radical (unpaired) electrons. The summed E-state index contributed by atoms with van der Waals surface area (Å²) in [7, 11) is 0. The van der Waals surface area contributed by atoms with E-state index in [1.54, 1.807) is 6.92 Å². The molecule has 0 N–H and O–H groups in total. The van der Waals surface area contributed by atoms with Gasteiger partial charge in [-0.05, 0) is 42.3 Å². The summed E-state index contributed by atoms with van der Waals surface area (Å²) in [6, 6.07) is 40.5. The van der Waals surface area contributed by atoms with E-state index in [1.165, 1.54) is 0 Å². The molecule has 1 aliphatic rings. The summed E-state index contributed by atoms with van der Waals surface area (Å²) in [6.07, 6.45) is 0. The second kappa shape index (κ2) is 12.0. The Morgan fingerprint density at radius 2 is 1.10 bits per heavy atom. The molecule has 0 saturated heterocycles. The van der Waals surface area contributed by atoms with E-state index >= 15 is 0 Å². The first-order chi connectivity index (χ1) is 20.1. The van der Waals surface area contributed by atoms with Crippen molar-refractivity contribution < 1.29 is 14.2 Å². The number of ether oxygens (including phenoxy) is 3. The summed E-state index contributed by atoms with van der Waals surface area (Å²) in [6.45, 7) is 2.63. The SMILES string of the molecule is CC1=C(C#N)C(=C(C#N)C#N)OC1(c1ccc(OCc2ccccc2)cc1)c1ccc(OCc2ccccc2)cc1. The monoisotopic (exact) mass is 535 g/mol. The highest BCUT2D eigenvalue weighted by atomic mass is 16.5. The Hall–Kier alpha value is -5.77. The highest BCUT2D eigenvalue weighted by Crippen LogP contribution is 2.51. The number of hydrogen-bond donors (Lipinski definition) is 0. The van der Waals surface area contributed by atoms with Crippen molar-refractivity contribution in [1.82, 2.24) is 0 Å². The third-order valence-corrected chi connectivity index (χ3v) is 6.97. The summed E-state index contributed by atoms with van der Waals surface area (Å²) in [5.41, 5.74) is 2.79. The topological polar surface area (TPSA) is 99.1 Å². The van der Waals surface area contributed by atoms with Gasteiger partial charge < -0.3 is 14.2 Å². The molecule has 0 aliphatic carbocycles. The maximum absolute atomic E-state index is 10.0. The van der Waals surface area contributed by atoms with E-state index in [-0.39, 0.29) is 16.9 Å². The van der Waals surface area contributed by atoms with Gasteiger partial charge >= 0.3 is 0 Å². The largest absolute Gasteiger partial charge is 0.489 e. The molecule has 41 heavy (non-hydrogen) atoms. The van der Waals surface area contributed by atoms with Crippen LogP contribution in [0.2, 0.25) is 0 Å². The van der Waals surface area contributed by atoms with Crippen LogP contribution >= 0.6 is 0 Å². The van der Waals surface area contributed by atoms with Crippen LogP contribution in [0, 0.1) is 34.0 Å². The summed E-state index contributed by atoms with van der Waals surface area (Å²) in [5.74, 6) is 1.31. The van der Waals surface area contributed by atoms with Gasteiger partial charge in [-0.2, -0.15) is 15.8 Å². The van der Waals surface area contributed by atoms with Crippen LogP contribution in [0.4, 0.5) is 0 Å². The first-order valence-electron chi connectivity index (χ1n) is 13.0. The predicted octanol–water partition coefficient (Wildman–Crippen LogP) is 7.26.